The molecule has 0 saturated heterocycles. The van der Waals surface area contributed by atoms with Crippen LogP contribution in [0.1, 0.15) is 16.1 Å². The monoisotopic (exact) mass is 263 g/mol. The van der Waals surface area contributed by atoms with Crippen molar-refractivity contribution in [1.82, 2.24) is 4.98 Å². The van der Waals surface area contributed by atoms with Crippen molar-refractivity contribution in [2.45, 2.75) is 6.92 Å². The molecule has 1 aromatic carbocycles. The molecular formula is C12H13N3O2S. The Kier molecular flexibility index (Phi) is 3.47. The molecule has 94 valence electrons. The lowest BCUT2D eigenvalue weighted by atomic mass is 10.2. The van der Waals surface area contributed by atoms with E-state index in [-0.39, 0.29) is 5.91 Å². The second-order valence-corrected chi connectivity index (χ2v) is 4.62. The number of carbonyl (C=O) groups excluding carboxylic acids is 1. The number of benzene rings is 1. The number of nitrogens with two attached hydrogens (primary N) is 1. The second kappa shape index (κ2) is 5.05. The summed E-state index contributed by atoms with van der Waals surface area (Å²) in [5.41, 5.74) is 7.46. The Hall–Kier alpha value is -2.08. The van der Waals surface area contributed by atoms with Gasteiger partial charge in [0, 0.05) is 5.38 Å². The Labute approximate surface area is 109 Å². The van der Waals surface area contributed by atoms with Crippen LogP contribution in [-0.2, 0) is 0 Å². The first-order chi connectivity index (χ1) is 8.60. The lowest BCUT2D eigenvalue weighted by Gasteiger charge is -2.09. The van der Waals surface area contributed by atoms with E-state index >= 15 is 0 Å². The Morgan fingerprint density at radius 1 is 1.50 bits per heavy atom. The molecule has 1 amide bonds. The first kappa shape index (κ1) is 12.4. The van der Waals surface area contributed by atoms with Crippen molar-refractivity contribution in [3.8, 4) is 5.75 Å². The van der Waals surface area contributed by atoms with E-state index in [0.29, 0.717) is 22.3 Å². The Morgan fingerprint density at radius 3 is 2.89 bits per heavy atom. The van der Waals surface area contributed by atoms with Crippen LogP contribution in [0.15, 0.2) is 23.6 Å². The number of nitrogens with one attached hydrogen (secondary N) is 1. The van der Waals surface area contributed by atoms with Crippen LogP contribution in [0.4, 0.5) is 10.8 Å². The minimum Gasteiger partial charge on any atom is -0.495 e. The second-order valence-electron chi connectivity index (χ2n) is 3.73. The molecule has 0 aliphatic rings. The van der Waals surface area contributed by atoms with Crippen LogP contribution in [0.3, 0.4) is 0 Å². The summed E-state index contributed by atoms with van der Waals surface area (Å²) in [5.74, 6) is 0.316. The molecule has 0 unspecified atom stereocenters. The lowest BCUT2D eigenvalue weighted by molar-refractivity contribution is 0.102. The molecule has 1 heterocycles. The summed E-state index contributed by atoms with van der Waals surface area (Å²) in [4.78, 5) is 15.8. The quantitative estimate of drug-likeness (QED) is 0.890. The van der Waals surface area contributed by atoms with E-state index in [9.17, 15) is 4.79 Å². The zero-order valence-electron chi connectivity index (χ0n) is 10.1. The molecule has 18 heavy (non-hydrogen) atoms. The molecule has 2 rings (SSSR count). The molecule has 1 aromatic heterocycles. The van der Waals surface area contributed by atoms with Crippen molar-refractivity contribution in [2.24, 2.45) is 0 Å². The summed E-state index contributed by atoms with van der Waals surface area (Å²) in [7, 11) is 1.56. The highest BCUT2D eigenvalue weighted by atomic mass is 32.1. The molecule has 2 aromatic rings. The Balaban J connectivity index is 2.21. The van der Waals surface area contributed by atoms with E-state index in [2.05, 4.69) is 10.3 Å². The van der Waals surface area contributed by atoms with Gasteiger partial charge in [-0.05, 0) is 24.6 Å². The van der Waals surface area contributed by atoms with Gasteiger partial charge in [-0.2, -0.15) is 0 Å². The van der Waals surface area contributed by atoms with Crippen LogP contribution < -0.4 is 15.8 Å². The Morgan fingerprint density at radius 2 is 2.28 bits per heavy atom. The highest BCUT2D eigenvalue weighted by molar-refractivity contribution is 7.13. The number of aromatic nitrogens is 1. The molecule has 3 N–H and O–H groups in total. The standard InChI is InChI=1S/C12H13N3O2S/c1-7-3-4-8(10(5-7)17-2)14-11(16)9-6-18-12(13)15-9/h3-6H,1-2H3,(H2,13,15)(H,14,16). The van der Waals surface area contributed by atoms with Crippen LogP contribution in [0, 0.1) is 6.92 Å². The van der Waals surface area contributed by atoms with Crippen molar-refractivity contribution in [1.29, 1.82) is 0 Å². The number of carbonyl (C=O) groups is 1. The lowest BCUT2D eigenvalue weighted by Crippen LogP contribution is -2.13. The SMILES string of the molecule is COc1cc(C)ccc1NC(=O)c1csc(N)n1. The van der Waals surface area contributed by atoms with E-state index in [1.807, 2.05) is 19.1 Å². The molecular weight excluding hydrogens is 250 g/mol. The highest BCUT2D eigenvalue weighted by Gasteiger charge is 2.12. The van der Waals surface area contributed by atoms with Crippen molar-refractivity contribution >= 4 is 28.1 Å². The maximum absolute atomic E-state index is 11.9. The van der Waals surface area contributed by atoms with Gasteiger partial charge in [-0.15, -0.1) is 11.3 Å². The number of nitrogens with zero attached hydrogens (tertiary/aromatic N) is 1. The number of ether oxygens (including phenoxy) is 1. The van der Waals surface area contributed by atoms with E-state index in [0.717, 1.165) is 5.56 Å². The molecule has 0 radical (unpaired) electrons. The molecule has 5 nitrogen and oxygen atoms in total. The molecule has 0 aliphatic heterocycles. The highest BCUT2D eigenvalue weighted by Crippen LogP contribution is 2.26. The van der Waals surface area contributed by atoms with E-state index in [4.69, 9.17) is 10.5 Å². The normalized spacial score (nSPS) is 10.1. The summed E-state index contributed by atoms with van der Waals surface area (Å²) in [6.07, 6.45) is 0. The van der Waals surface area contributed by atoms with Crippen LogP contribution in [0.5, 0.6) is 5.75 Å². The predicted octanol–water partition coefficient (Wildman–Crippen LogP) is 2.29. The molecule has 0 aliphatic carbocycles. The van der Waals surface area contributed by atoms with Crippen LogP contribution in [0.25, 0.3) is 0 Å². The van der Waals surface area contributed by atoms with Gasteiger partial charge in [0.25, 0.3) is 5.91 Å². The number of hydrogen-bond donors (Lipinski definition) is 2. The predicted molar refractivity (Wildman–Crippen MR) is 72.2 cm³/mol. The van der Waals surface area contributed by atoms with Gasteiger partial charge in [0.05, 0.1) is 12.8 Å². The number of hydrogen-bond acceptors (Lipinski definition) is 5. The van der Waals surface area contributed by atoms with Crippen molar-refractivity contribution in [2.75, 3.05) is 18.2 Å². The zero-order valence-corrected chi connectivity index (χ0v) is 10.9. The zero-order chi connectivity index (χ0) is 13.1. The largest absolute Gasteiger partial charge is 0.495 e. The fraction of sp³-hybridized carbons (Fsp3) is 0.167. The Bertz CT molecular complexity index is 580. The maximum Gasteiger partial charge on any atom is 0.275 e. The summed E-state index contributed by atoms with van der Waals surface area (Å²) in [6, 6.07) is 5.54. The van der Waals surface area contributed by atoms with Gasteiger partial charge >= 0.3 is 0 Å². The van der Waals surface area contributed by atoms with E-state index in [1.54, 1.807) is 18.6 Å². The van der Waals surface area contributed by atoms with Crippen LogP contribution >= 0.6 is 11.3 Å². The molecule has 0 atom stereocenters. The first-order valence-corrected chi connectivity index (χ1v) is 6.15. The number of anilines is 2. The van der Waals surface area contributed by atoms with Crippen molar-refractivity contribution in [3.05, 3.63) is 34.8 Å². The molecule has 0 fully saturated rings. The smallest absolute Gasteiger partial charge is 0.275 e. The van der Waals surface area contributed by atoms with E-state index in [1.165, 1.54) is 11.3 Å². The molecule has 6 heteroatoms. The third-order valence-electron chi connectivity index (χ3n) is 2.36. The minimum absolute atomic E-state index is 0.301. The van der Waals surface area contributed by atoms with Crippen molar-refractivity contribution < 1.29 is 9.53 Å². The van der Waals surface area contributed by atoms with Gasteiger partial charge in [-0.1, -0.05) is 6.07 Å². The first-order valence-electron chi connectivity index (χ1n) is 5.27. The molecule has 0 saturated carbocycles. The summed E-state index contributed by atoms with van der Waals surface area (Å²) in [5, 5.41) is 4.73. The van der Waals surface area contributed by atoms with E-state index < -0.39 is 0 Å². The van der Waals surface area contributed by atoms with Crippen LogP contribution in [-0.4, -0.2) is 18.0 Å². The minimum atomic E-state index is -0.301. The molecule has 0 bridgehead atoms. The average molecular weight is 263 g/mol. The van der Waals surface area contributed by atoms with Gasteiger partial charge in [-0.3, -0.25) is 4.79 Å². The number of nitrogen functional groups attached to an aromatic ring is 1. The number of methoxy groups -OCH3 is 1. The fourth-order valence-electron chi connectivity index (χ4n) is 1.48. The van der Waals surface area contributed by atoms with Crippen LogP contribution in [0.2, 0.25) is 0 Å². The number of amides is 1. The van der Waals surface area contributed by atoms with Gasteiger partial charge < -0.3 is 15.8 Å². The third kappa shape index (κ3) is 2.60. The number of aryl methyl sites for hydroxylation is 1. The van der Waals surface area contributed by atoms with Gasteiger partial charge in [0.1, 0.15) is 11.4 Å². The summed E-state index contributed by atoms with van der Waals surface area (Å²) >= 11 is 1.23. The number of rotatable bonds is 3. The van der Waals surface area contributed by atoms with Gasteiger partial charge in [0.15, 0.2) is 5.13 Å². The summed E-state index contributed by atoms with van der Waals surface area (Å²) in [6.45, 7) is 1.95. The third-order valence-corrected chi connectivity index (χ3v) is 3.03. The van der Waals surface area contributed by atoms with Gasteiger partial charge in [0.2, 0.25) is 0 Å². The number of thiazole rings is 1. The molecule has 0 spiro atoms. The topological polar surface area (TPSA) is 77.2 Å². The van der Waals surface area contributed by atoms with Crippen molar-refractivity contribution in [3.63, 3.8) is 0 Å². The van der Waals surface area contributed by atoms with Gasteiger partial charge in [-0.25, -0.2) is 4.98 Å². The summed E-state index contributed by atoms with van der Waals surface area (Å²) < 4.78 is 5.21. The maximum atomic E-state index is 11.9. The fourth-order valence-corrected chi connectivity index (χ4v) is 2.02. The average Bonchev–Trinajstić information content (AvgIpc) is 2.78.